The van der Waals surface area contributed by atoms with E-state index in [2.05, 4.69) is 20.1 Å². The third kappa shape index (κ3) is 13.0. The lowest BCUT2D eigenvalue weighted by Crippen LogP contribution is -2.29. The largest absolute Gasteiger partial charge is 0.392 e. The van der Waals surface area contributed by atoms with Gasteiger partial charge in [-0.15, -0.1) is 0 Å². The molecule has 0 aromatic heterocycles. The van der Waals surface area contributed by atoms with Crippen LogP contribution >= 0.6 is 0 Å². The zero-order chi connectivity index (χ0) is 26.8. The van der Waals surface area contributed by atoms with Crippen LogP contribution in [0, 0.1) is 29.6 Å². The highest BCUT2D eigenvalue weighted by molar-refractivity contribution is 5.70. The summed E-state index contributed by atoms with van der Waals surface area (Å²) in [7, 11) is 3.40. The molecule has 0 aromatic rings. The number of aldehydes is 1. The van der Waals surface area contributed by atoms with Gasteiger partial charge in [0.25, 0.3) is 0 Å². The zero-order valence-corrected chi connectivity index (χ0v) is 23.8. The Morgan fingerprint density at radius 3 is 2.00 bits per heavy atom. The number of rotatable bonds is 16. The monoisotopic (exact) mass is 508 g/mol. The Morgan fingerprint density at radius 2 is 1.53 bits per heavy atom. The van der Waals surface area contributed by atoms with Crippen LogP contribution in [-0.4, -0.2) is 51.7 Å². The van der Waals surface area contributed by atoms with Crippen LogP contribution in [0.5, 0.6) is 0 Å². The standard InChI is InChI=1S/C27H50O4.C4H6O/c1-5-6-7-22-8-10-23(11-9-22)24-12-14-25(15-13-24)26(16-18-29-3)17-19-31-27(30-4)21(2)20-28;1-4(2)3-5/h22-28H,2,5-20H2,1,3-4H3;3H,1H2,2H3. The maximum absolute atomic E-state index is 9.41. The van der Waals surface area contributed by atoms with Gasteiger partial charge in [0.2, 0.25) is 0 Å². The van der Waals surface area contributed by atoms with Crippen LogP contribution in [0.4, 0.5) is 0 Å². The molecule has 0 bridgehead atoms. The number of hydrogen-bond acceptors (Lipinski definition) is 5. The van der Waals surface area contributed by atoms with Crippen molar-refractivity contribution < 1.29 is 24.1 Å². The average molecular weight is 509 g/mol. The predicted octanol–water partition coefficient (Wildman–Crippen LogP) is 7.13. The normalized spacial score (nSPS) is 25.8. The maximum atomic E-state index is 9.41. The molecule has 2 unspecified atom stereocenters. The van der Waals surface area contributed by atoms with Crippen molar-refractivity contribution in [2.24, 2.45) is 29.6 Å². The van der Waals surface area contributed by atoms with Crippen LogP contribution in [0.15, 0.2) is 24.3 Å². The lowest BCUT2D eigenvalue weighted by Gasteiger charge is -2.40. The van der Waals surface area contributed by atoms with Crippen molar-refractivity contribution in [2.75, 3.05) is 34.0 Å². The molecule has 210 valence electrons. The summed E-state index contributed by atoms with van der Waals surface area (Å²) >= 11 is 0. The summed E-state index contributed by atoms with van der Waals surface area (Å²) in [5.74, 6) is 4.41. The van der Waals surface area contributed by atoms with E-state index >= 15 is 0 Å². The van der Waals surface area contributed by atoms with Crippen molar-refractivity contribution in [3.63, 3.8) is 0 Å². The van der Waals surface area contributed by atoms with Crippen LogP contribution in [0.25, 0.3) is 0 Å². The van der Waals surface area contributed by atoms with Crippen LogP contribution in [-0.2, 0) is 19.0 Å². The third-order valence-corrected chi connectivity index (χ3v) is 8.41. The number of aliphatic hydroxyl groups is 1. The van der Waals surface area contributed by atoms with E-state index in [-0.39, 0.29) is 6.61 Å². The summed E-state index contributed by atoms with van der Waals surface area (Å²) in [6, 6.07) is 0. The van der Waals surface area contributed by atoms with Crippen LogP contribution in [0.3, 0.4) is 0 Å². The number of unbranched alkanes of at least 4 members (excludes halogenated alkanes) is 1. The molecule has 1 N–H and O–H groups in total. The van der Waals surface area contributed by atoms with Crippen molar-refractivity contribution in [1.29, 1.82) is 0 Å². The molecule has 0 radical (unpaired) electrons. The molecule has 2 atom stereocenters. The van der Waals surface area contributed by atoms with Crippen molar-refractivity contribution in [1.82, 2.24) is 0 Å². The van der Waals surface area contributed by atoms with E-state index in [1.807, 2.05) is 0 Å². The first-order chi connectivity index (χ1) is 17.4. The Balaban J connectivity index is 0.00000118. The molecule has 5 heteroatoms. The topological polar surface area (TPSA) is 65.0 Å². The molecule has 0 amide bonds. The SMILES string of the molecule is C=C(C)C=O.C=C(CO)C(OC)OCCC(CCOC)C1CCC(C2CCC(CCCC)CC2)CC1. The number of carbonyl (C=O) groups is 1. The van der Waals surface area contributed by atoms with Crippen LogP contribution in [0.2, 0.25) is 0 Å². The van der Waals surface area contributed by atoms with Gasteiger partial charge in [-0.1, -0.05) is 52.2 Å². The molecule has 5 nitrogen and oxygen atoms in total. The van der Waals surface area contributed by atoms with Gasteiger partial charge in [0.15, 0.2) is 6.29 Å². The molecule has 2 aliphatic rings. The first-order valence-electron chi connectivity index (χ1n) is 14.4. The summed E-state index contributed by atoms with van der Waals surface area (Å²) in [6.07, 6.45) is 18.1. The quantitative estimate of drug-likeness (QED) is 0.104. The summed E-state index contributed by atoms with van der Waals surface area (Å²) < 4.78 is 16.6. The summed E-state index contributed by atoms with van der Waals surface area (Å²) in [5, 5.41) is 9.27. The molecule has 2 saturated carbocycles. The van der Waals surface area contributed by atoms with Gasteiger partial charge in [-0.25, -0.2) is 0 Å². The molecule has 2 aliphatic carbocycles. The van der Waals surface area contributed by atoms with Crippen LogP contribution in [0.1, 0.15) is 97.3 Å². The second kappa shape index (κ2) is 20.0. The van der Waals surface area contributed by atoms with Gasteiger partial charge < -0.3 is 19.3 Å². The Hall–Kier alpha value is -1.01. The summed E-state index contributed by atoms with van der Waals surface area (Å²) in [6.45, 7) is 12.5. The molecule has 0 spiro atoms. The van der Waals surface area contributed by atoms with Crippen molar-refractivity contribution in [2.45, 2.75) is 104 Å². The number of aliphatic hydroxyl groups excluding tert-OH is 1. The summed E-state index contributed by atoms with van der Waals surface area (Å²) in [4.78, 5) is 9.41. The number of hydrogen-bond donors (Lipinski definition) is 1. The van der Waals surface area contributed by atoms with Gasteiger partial charge in [-0.05, 0) is 93.5 Å². The van der Waals surface area contributed by atoms with Crippen molar-refractivity contribution in [3.8, 4) is 0 Å². The highest BCUT2D eigenvalue weighted by atomic mass is 16.7. The fraction of sp³-hybridized carbons (Fsp3) is 0.839. The number of methoxy groups -OCH3 is 2. The second-order valence-electron chi connectivity index (χ2n) is 11.1. The van der Waals surface area contributed by atoms with Crippen molar-refractivity contribution in [3.05, 3.63) is 24.3 Å². The Labute approximate surface area is 222 Å². The number of allylic oxidation sites excluding steroid dienone is 1. The van der Waals surface area contributed by atoms with E-state index in [0.29, 0.717) is 23.7 Å². The van der Waals surface area contributed by atoms with Gasteiger partial charge in [-0.3, -0.25) is 4.79 Å². The molecular formula is C31H56O5. The fourth-order valence-electron chi connectivity index (χ4n) is 6.17. The molecule has 0 aromatic carbocycles. The van der Waals surface area contributed by atoms with Gasteiger partial charge in [0.1, 0.15) is 6.29 Å². The van der Waals surface area contributed by atoms with E-state index in [1.54, 1.807) is 21.1 Å². The van der Waals surface area contributed by atoms with E-state index in [4.69, 9.17) is 14.2 Å². The maximum Gasteiger partial charge on any atom is 0.181 e. The average Bonchev–Trinajstić information content (AvgIpc) is 2.92. The van der Waals surface area contributed by atoms with E-state index in [0.717, 1.165) is 49.4 Å². The van der Waals surface area contributed by atoms with Gasteiger partial charge in [0.05, 0.1) is 13.2 Å². The minimum atomic E-state index is -0.503. The van der Waals surface area contributed by atoms with Crippen LogP contribution < -0.4 is 0 Å². The number of ether oxygens (including phenoxy) is 3. The second-order valence-corrected chi connectivity index (χ2v) is 11.1. The van der Waals surface area contributed by atoms with E-state index < -0.39 is 6.29 Å². The minimum Gasteiger partial charge on any atom is -0.392 e. The third-order valence-electron chi connectivity index (χ3n) is 8.41. The minimum absolute atomic E-state index is 0.101. The molecule has 0 heterocycles. The Bertz CT molecular complexity index is 588. The number of carbonyl (C=O) groups excluding carboxylic acids is 1. The lowest BCUT2D eigenvalue weighted by molar-refractivity contribution is -0.106. The highest BCUT2D eigenvalue weighted by Crippen LogP contribution is 2.44. The fourth-order valence-corrected chi connectivity index (χ4v) is 6.17. The summed E-state index contributed by atoms with van der Waals surface area (Å²) in [5.41, 5.74) is 1.16. The van der Waals surface area contributed by atoms with Gasteiger partial charge in [0, 0.05) is 26.4 Å². The molecule has 2 rings (SSSR count). The van der Waals surface area contributed by atoms with Crippen molar-refractivity contribution >= 4 is 6.29 Å². The first kappa shape index (κ1) is 33.0. The highest BCUT2D eigenvalue weighted by Gasteiger charge is 2.33. The first-order valence-corrected chi connectivity index (χ1v) is 14.4. The van der Waals surface area contributed by atoms with Gasteiger partial charge in [-0.2, -0.15) is 0 Å². The molecule has 0 saturated heterocycles. The molecule has 2 fully saturated rings. The van der Waals surface area contributed by atoms with Gasteiger partial charge >= 0.3 is 0 Å². The molecular weight excluding hydrogens is 452 g/mol. The molecule has 36 heavy (non-hydrogen) atoms. The predicted molar refractivity (Wildman–Crippen MR) is 149 cm³/mol. The van der Waals surface area contributed by atoms with E-state index in [1.165, 1.54) is 70.6 Å². The Morgan fingerprint density at radius 1 is 0.972 bits per heavy atom. The smallest absolute Gasteiger partial charge is 0.181 e. The Kier molecular flexibility index (Phi) is 18.4. The zero-order valence-electron chi connectivity index (χ0n) is 23.8. The molecule has 0 aliphatic heterocycles. The van der Waals surface area contributed by atoms with E-state index in [9.17, 15) is 9.90 Å². The lowest BCUT2D eigenvalue weighted by atomic mass is 9.66.